The number of aryl methyl sites for hydroxylation is 1. The van der Waals surface area contributed by atoms with Crippen molar-refractivity contribution in [2.75, 3.05) is 0 Å². The molecule has 0 fully saturated rings. The Bertz CT molecular complexity index is 488. The van der Waals surface area contributed by atoms with E-state index in [1.807, 2.05) is 24.3 Å². The van der Waals surface area contributed by atoms with Crippen LogP contribution in [-0.2, 0) is 6.54 Å². The van der Waals surface area contributed by atoms with E-state index in [1.165, 1.54) is 32.1 Å². The molecule has 0 saturated carbocycles. The van der Waals surface area contributed by atoms with Crippen LogP contribution in [0.3, 0.4) is 0 Å². The molecule has 0 atom stereocenters. The Morgan fingerprint density at radius 3 is 2.53 bits per heavy atom. The van der Waals surface area contributed by atoms with Crippen LogP contribution >= 0.6 is 11.6 Å². The van der Waals surface area contributed by atoms with Gasteiger partial charge in [-0.1, -0.05) is 37.8 Å². The van der Waals surface area contributed by atoms with E-state index in [-0.39, 0.29) is 0 Å². The van der Waals surface area contributed by atoms with Crippen molar-refractivity contribution in [1.82, 2.24) is 4.57 Å². The van der Waals surface area contributed by atoms with Gasteiger partial charge < -0.3 is 0 Å². The normalized spacial score (nSPS) is 10.8. The van der Waals surface area contributed by atoms with Crippen LogP contribution in [0.5, 0.6) is 0 Å². The SMILES string of the molecule is CCCCCCC[n+]1ccn(-c2ccc(Cl)cc2)c1. The summed E-state index contributed by atoms with van der Waals surface area (Å²) >= 11 is 5.90. The molecule has 2 aromatic rings. The van der Waals surface area contributed by atoms with Crippen LogP contribution in [0, 0.1) is 0 Å². The maximum Gasteiger partial charge on any atom is 0.248 e. The van der Waals surface area contributed by atoms with Crippen LogP contribution in [0.15, 0.2) is 43.0 Å². The molecule has 0 aliphatic heterocycles. The van der Waals surface area contributed by atoms with Gasteiger partial charge >= 0.3 is 0 Å². The van der Waals surface area contributed by atoms with Crippen LogP contribution in [0.4, 0.5) is 0 Å². The molecule has 0 spiro atoms. The molecule has 0 unspecified atom stereocenters. The molecule has 0 saturated heterocycles. The Morgan fingerprint density at radius 2 is 1.79 bits per heavy atom. The Kier molecular flexibility index (Phi) is 5.46. The van der Waals surface area contributed by atoms with Gasteiger partial charge in [-0.3, -0.25) is 0 Å². The molecule has 0 amide bonds. The van der Waals surface area contributed by atoms with Crippen molar-refractivity contribution in [2.24, 2.45) is 0 Å². The highest BCUT2D eigenvalue weighted by molar-refractivity contribution is 6.30. The lowest BCUT2D eigenvalue weighted by Gasteiger charge is -1.98. The molecule has 0 aliphatic rings. The van der Waals surface area contributed by atoms with Gasteiger partial charge in [0.2, 0.25) is 6.33 Å². The average molecular weight is 278 g/mol. The molecular formula is C16H22ClN2+. The Labute approximate surface area is 120 Å². The summed E-state index contributed by atoms with van der Waals surface area (Å²) in [6, 6.07) is 7.92. The lowest BCUT2D eigenvalue weighted by atomic mass is 10.1. The molecule has 1 aromatic heterocycles. The van der Waals surface area contributed by atoms with Crippen molar-refractivity contribution in [2.45, 2.75) is 45.6 Å². The Balaban J connectivity index is 1.86. The second kappa shape index (κ2) is 7.34. The zero-order valence-corrected chi connectivity index (χ0v) is 12.3. The molecule has 1 aromatic carbocycles. The molecule has 102 valence electrons. The quantitative estimate of drug-likeness (QED) is 0.524. The largest absolute Gasteiger partial charge is 0.248 e. The summed E-state index contributed by atoms with van der Waals surface area (Å²) in [6.45, 7) is 3.35. The van der Waals surface area contributed by atoms with Crippen molar-refractivity contribution >= 4 is 11.6 Å². The number of unbranched alkanes of at least 4 members (excludes halogenated alkanes) is 4. The fourth-order valence-corrected chi connectivity index (χ4v) is 2.32. The van der Waals surface area contributed by atoms with Crippen LogP contribution in [0.2, 0.25) is 5.02 Å². The molecule has 0 N–H and O–H groups in total. The molecule has 0 radical (unpaired) electrons. The van der Waals surface area contributed by atoms with Gasteiger partial charge in [0.25, 0.3) is 0 Å². The summed E-state index contributed by atoms with van der Waals surface area (Å²) in [7, 11) is 0. The van der Waals surface area contributed by atoms with Crippen molar-refractivity contribution in [3.63, 3.8) is 0 Å². The maximum atomic E-state index is 5.90. The molecule has 2 rings (SSSR count). The number of hydrogen-bond acceptors (Lipinski definition) is 0. The van der Waals surface area contributed by atoms with Crippen molar-refractivity contribution in [1.29, 1.82) is 0 Å². The van der Waals surface area contributed by atoms with Crippen LogP contribution in [0.1, 0.15) is 39.0 Å². The van der Waals surface area contributed by atoms with Gasteiger partial charge in [0, 0.05) is 5.02 Å². The lowest BCUT2D eigenvalue weighted by Crippen LogP contribution is -2.30. The molecule has 0 aliphatic carbocycles. The first-order chi connectivity index (χ1) is 9.29. The van der Waals surface area contributed by atoms with Gasteiger partial charge in [0.05, 0.1) is 6.54 Å². The second-order valence-electron chi connectivity index (χ2n) is 4.95. The minimum atomic E-state index is 0.778. The summed E-state index contributed by atoms with van der Waals surface area (Å²) < 4.78 is 4.38. The third kappa shape index (κ3) is 4.39. The number of hydrogen-bond donors (Lipinski definition) is 0. The fourth-order valence-electron chi connectivity index (χ4n) is 2.19. The Morgan fingerprint density at radius 1 is 1.05 bits per heavy atom. The second-order valence-corrected chi connectivity index (χ2v) is 5.39. The number of aromatic nitrogens is 2. The summed E-state index contributed by atoms with van der Waals surface area (Å²) in [5.41, 5.74) is 1.15. The third-order valence-electron chi connectivity index (χ3n) is 3.34. The standard InChI is InChI=1S/C16H22ClN2/c1-2-3-4-5-6-11-18-12-13-19(14-18)16-9-7-15(17)8-10-16/h7-10,12-14H,2-6,11H2,1H3/q+1. The van der Waals surface area contributed by atoms with E-state index >= 15 is 0 Å². The molecule has 19 heavy (non-hydrogen) atoms. The molecular weight excluding hydrogens is 256 g/mol. The monoisotopic (exact) mass is 277 g/mol. The number of halogens is 1. The highest BCUT2D eigenvalue weighted by atomic mass is 35.5. The molecule has 3 heteroatoms. The highest BCUT2D eigenvalue weighted by Gasteiger charge is 2.05. The predicted molar refractivity (Wildman–Crippen MR) is 79.7 cm³/mol. The zero-order valence-electron chi connectivity index (χ0n) is 11.6. The first kappa shape index (κ1) is 14.1. The topological polar surface area (TPSA) is 8.81 Å². The van der Waals surface area contributed by atoms with E-state index in [2.05, 4.69) is 34.8 Å². The summed E-state index contributed by atoms with van der Waals surface area (Å²) in [6.07, 6.45) is 13.0. The van der Waals surface area contributed by atoms with E-state index in [0.29, 0.717) is 0 Å². The van der Waals surface area contributed by atoms with Gasteiger partial charge in [-0.05, 0) is 37.1 Å². The van der Waals surface area contributed by atoms with Crippen molar-refractivity contribution in [3.05, 3.63) is 48.0 Å². The molecule has 1 heterocycles. The summed E-state index contributed by atoms with van der Waals surface area (Å²) in [4.78, 5) is 0. The Hall–Kier alpha value is -1.28. The van der Waals surface area contributed by atoms with Crippen molar-refractivity contribution in [3.8, 4) is 5.69 Å². The van der Waals surface area contributed by atoms with Gasteiger partial charge in [-0.2, -0.15) is 0 Å². The minimum Gasteiger partial charge on any atom is -0.236 e. The first-order valence-corrected chi connectivity index (χ1v) is 7.50. The highest BCUT2D eigenvalue weighted by Crippen LogP contribution is 2.12. The smallest absolute Gasteiger partial charge is 0.236 e. The van der Waals surface area contributed by atoms with Gasteiger partial charge in [0.1, 0.15) is 18.1 Å². The number of benzene rings is 1. The predicted octanol–water partition coefficient (Wildman–Crippen LogP) is 4.39. The molecule has 0 bridgehead atoms. The first-order valence-electron chi connectivity index (χ1n) is 7.12. The summed E-state index contributed by atoms with van der Waals surface area (Å²) in [5, 5.41) is 0.778. The number of imidazole rings is 1. The summed E-state index contributed by atoms with van der Waals surface area (Å²) in [5.74, 6) is 0. The number of rotatable bonds is 7. The van der Waals surface area contributed by atoms with Crippen LogP contribution in [-0.4, -0.2) is 4.57 Å². The van der Waals surface area contributed by atoms with Gasteiger partial charge in [0.15, 0.2) is 0 Å². The fraction of sp³-hybridized carbons (Fsp3) is 0.438. The average Bonchev–Trinajstić information content (AvgIpc) is 2.88. The third-order valence-corrected chi connectivity index (χ3v) is 3.59. The van der Waals surface area contributed by atoms with E-state index < -0.39 is 0 Å². The van der Waals surface area contributed by atoms with Crippen LogP contribution < -0.4 is 4.57 Å². The van der Waals surface area contributed by atoms with Gasteiger partial charge in [-0.25, -0.2) is 9.13 Å². The van der Waals surface area contributed by atoms with Crippen LogP contribution in [0.25, 0.3) is 5.69 Å². The van der Waals surface area contributed by atoms with E-state index in [0.717, 1.165) is 17.3 Å². The lowest BCUT2D eigenvalue weighted by molar-refractivity contribution is -0.696. The van der Waals surface area contributed by atoms with E-state index in [1.54, 1.807) is 0 Å². The van der Waals surface area contributed by atoms with Crippen molar-refractivity contribution < 1.29 is 4.57 Å². The van der Waals surface area contributed by atoms with E-state index in [9.17, 15) is 0 Å². The zero-order chi connectivity index (χ0) is 13.5. The minimum absolute atomic E-state index is 0.778. The van der Waals surface area contributed by atoms with E-state index in [4.69, 9.17) is 11.6 Å². The maximum absolute atomic E-state index is 5.90. The molecule has 2 nitrogen and oxygen atoms in total. The van der Waals surface area contributed by atoms with Gasteiger partial charge in [-0.15, -0.1) is 0 Å². The number of nitrogens with zero attached hydrogens (tertiary/aromatic N) is 2.